The number of carbonyl (C=O) groups is 4. The Morgan fingerprint density at radius 1 is 1.05 bits per heavy atom. The van der Waals surface area contributed by atoms with Gasteiger partial charge in [-0.15, -0.1) is 0 Å². The lowest BCUT2D eigenvalue weighted by Crippen LogP contribution is -2.61. The molecule has 0 aliphatic carbocycles. The zero-order chi connectivity index (χ0) is 26.5. The topological polar surface area (TPSA) is 128 Å². The van der Waals surface area contributed by atoms with Crippen molar-refractivity contribution in [2.75, 3.05) is 6.54 Å². The van der Waals surface area contributed by atoms with Crippen LogP contribution in [0.1, 0.15) is 49.8 Å². The molecule has 2 aromatic rings. The van der Waals surface area contributed by atoms with E-state index < -0.39 is 24.0 Å². The van der Waals surface area contributed by atoms with E-state index in [1.807, 2.05) is 0 Å². The van der Waals surface area contributed by atoms with Crippen molar-refractivity contribution in [2.45, 2.75) is 57.3 Å². The summed E-state index contributed by atoms with van der Waals surface area (Å²) in [4.78, 5) is 52.5. The first-order valence-corrected chi connectivity index (χ1v) is 12.4. The molecule has 0 radical (unpaired) electrons. The Morgan fingerprint density at radius 2 is 1.76 bits per heavy atom. The summed E-state index contributed by atoms with van der Waals surface area (Å²) < 4.78 is 13.2. The second-order valence-electron chi connectivity index (χ2n) is 9.52. The number of hydrogen-bond donors (Lipinski definition) is 4. The third-order valence-corrected chi connectivity index (χ3v) is 6.91. The highest BCUT2D eigenvalue weighted by Gasteiger charge is 2.54. The molecule has 2 fully saturated rings. The van der Waals surface area contributed by atoms with Crippen LogP contribution in [0.15, 0.2) is 48.5 Å². The van der Waals surface area contributed by atoms with Gasteiger partial charge in [-0.05, 0) is 61.1 Å². The van der Waals surface area contributed by atoms with Crippen molar-refractivity contribution in [1.29, 1.82) is 0 Å². The second kappa shape index (κ2) is 11.4. The molecule has 4 N–H and O–H groups in total. The molecule has 9 nitrogen and oxygen atoms in total. The van der Waals surface area contributed by atoms with Crippen LogP contribution in [0.3, 0.4) is 0 Å². The molecule has 0 unspecified atom stereocenters. The Labute approximate surface area is 214 Å². The highest BCUT2D eigenvalue weighted by atomic mass is 19.1. The van der Waals surface area contributed by atoms with E-state index in [1.54, 1.807) is 24.3 Å². The maximum absolute atomic E-state index is 13.6. The van der Waals surface area contributed by atoms with Crippen molar-refractivity contribution in [3.05, 3.63) is 65.5 Å². The third-order valence-electron chi connectivity index (χ3n) is 6.91. The van der Waals surface area contributed by atoms with Gasteiger partial charge in [0.25, 0.3) is 0 Å². The lowest BCUT2D eigenvalue weighted by Gasteiger charge is -2.38. The van der Waals surface area contributed by atoms with Gasteiger partial charge >= 0.3 is 0 Å². The van der Waals surface area contributed by atoms with Gasteiger partial charge in [0.2, 0.25) is 23.6 Å². The number of phenols is 1. The standard InChI is InChI=1S/C27H31FN4O5/c1-16(33)29-13-3-2-4-22-27(37)32-23(26(36)31-22)14-21(24(32)18-7-11-20(34)12-8-18)25(35)30-15-17-5-9-19(28)10-6-17/h5-12,21-24,34H,2-4,13-15H2,1H3,(H,29,33)(H,30,35)(H,31,36)/t21-,22-,23-,24-/m0/s1. The van der Waals surface area contributed by atoms with Gasteiger partial charge in [0.15, 0.2) is 0 Å². The van der Waals surface area contributed by atoms with Gasteiger partial charge in [0.05, 0.1) is 12.0 Å². The Kier molecular flexibility index (Phi) is 8.05. The van der Waals surface area contributed by atoms with Gasteiger partial charge in [-0.25, -0.2) is 4.39 Å². The molecule has 2 aromatic carbocycles. The fourth-order valence-corrected chi connectivity index (χ4v) is 5.08. The van der Waals surface area contributed by atoms with E-state index >= 15 is 0 Å². The molecule has 4 amide bonds. The summed E-state index contributed by atoms with van der Waals surface area (Å²) in [6, 6.07) is 9.90. The summed E-state index contributed by atoms with van der Waals surface area (Å²) in [7, 11) is 0. The number of carbonyl (C=O) groups excluding carboxylic acids is 4. The van der Waals surface area contributed by atoms with Crippen molar-refractivity contribution >= 4 is 23.6 Å². The number of benzene rings is 2. The number of nitrogens with one attached hydrogen (secondary N) is 3. The van der Waals surface area contributed by atoms with Crippen LogP contribution < -0.4 is 16.0 Å². The number of piperazine rings is 1. The van der Waals surface area contributed by atoms with E-state index in [0.29, 0.717) is 31.4 Å². The van der Waals surface area contributed by atoms with Gasteiger partial charge < -0.3 is 26.0 Å². The lowest BCUT2D eigenvalue weighted by molar-refractivity contribution is -0.149. The van der Waals surface area contributed by atoms with E-state index in [1.165, 1.54) is 36.1 Å². The summed E-state index contributed by atoms with van der Waals surface area (Å²) in [5, 5.41) is 18.2. The van der Waals surface area contributed by atoms with Crippen molar-refractivity contribution in [2.24, 2.45) is 5.92 Å². The molecule has 0 aromatic heterocycles. The summed E-state index contributed by atoms with van der Waals surface area (Å²) in [5.74, 6) is -2.00. The molecule has 2 heterocycles. The molecule has 10 heteroatoms. The van der Waals surface area contributed by atoms with Crippen molar-refractivity contribution in [3.63, 3.8) is 0 Å². The minimum absolute atomic E-state index is 0.0513. The van der Waals surface area contributed by atoms with Gasteiger partial charge in [-0.3, -0.25) is 19.2 Å². The number of nitrogens with zero attached hydrogens (tertiary/aromatic N) is 1. The molecule has 0 spiro atoms. The predicted octanol–water partition coefficient (Wildman–Crippen LogP) is 1.91. The summed E-state index contributed by atoms with van der Waals surface area (Å²) in [5.41, 5.74) is 1.37. The molecule has 4 atom stereocenters. The van der Waals surface area contributed by atoms with E-state index in [-0.39, 0.29) is 48.2 Å². The first-order chi connectivity index (χ1) is 17.7. The smallest absolute Gasteiger partial charge is 0.246 e. The average molecular weight is 511 g/mol. The number of rotatable bonds is 9. The van der Waals surface area contributed by atoms with Crippen molar-refractivity contribution in [1.82, 2.24) is 20.9 Å². The quantitative estimate of drug-likeness (QED) is 0.383. The van der Waals surface area contributed by atoms with E-state index in [9.17, 15) is 28.7 Å². The van der Waals surface area contributed by atoms with Gasteiger partial charge in [0, 0.05) is 20.0 Å². The van der Waals surface area contributed by atoms with Gasteiger partial charge in [0.1, 0.15) is 23.7 Å². The highest BCUT2D eigenvalue weighted by molar-refractivity contribution is 5.99. The Balaban J connectivity index is 1.52. The maximum atomic E-state index is 13.6. The van der Waals surface area contributed by atoms with Crippen LogP contribution in [0, 0.1) is 11.7 Å². The number of aromatic hydroxyl groups is 1. The summed E-state index contributed by atoms with van der Waals surface area (Å²) >= 11 is 0. The number of fused-ring (bicyclic) bond motifs is 1. The summed E-state index contributed by atoms with van der Waals surface area (Å²) in [6.07, 6.45) is 1.87. The molecule has 2 aliphatic rings. The molecule has 2 aliphatic heterocycles. The number of unbranched alkanes of at least 4 members (excludes halogenated alkanes) is 1. The van der Waals surface area contributed by atoms with Gasteiger partial charge in [-0.2, -0.15) is 0 Å². The third kappa shape index (κ3) is 6.07. The Morgan fingerprint density at radius 3 is 2.43 bits per heavy atom. The maximum Gasteiger partial charge on any atom is 0.246 e. The largest absolute Gasteiger partial charge is 0.508 e. The number of phenolic OH excluding ortho intramolecular Hbond substituents is 1. The molecule has 37 heavy (non-hydrogen) atoms. The van der Waals surface area contributed by atoms with Crippen LogP contribution in [0.25, 0.3) is 0 Å². The normalized spacial score (nSPS) is 22.8. The second-order valence-corrected chi connectivity index (χ2v) is 9.52. The average Bonchev–Trinajstić information content (AvgIpc) is 3.28. The number of amides is 4. The monoisotopic (exact) mass is 510 g/mol. The Bertz CT molecular complexity index is 1150. The molecule has 196 valence electrons. The molecule has 0 bridgehead atoms. The van der Waals surface area contributed by atoms with E-state index in [4.69, 9.17) is 0 Å². The summed E-state index contributed by atoms with van der Waals surface area (Å²) in [6.45, 7) is 2.11. The van der Waals surface area contributed by atoms with Crippen LogP contribution in [0.5, 0.6) is 5.75 Å². The zero-order valence-corrected chi connectivity index (χ0v) is 20.6. The highest BCUT2D eigenvalue weighted by Crippen LogP contribution is 2.43. The van der Waals surface area contributed by atoms with Crippen molar-refractivity contribution in [3.8, 4) is 5.75 Å². The molecule has 0 saturated carbocycles. The van der Waals surface area contributed by atoms with Crippen LogP contribution in [0.4, 0.5) is 4.39 Å². The first kappa shape index (κ1) is 26.1. The molecule has 4 rings (SSSR count). The lowest BCUT2D eigenvalue weighted by atomic mass is 9.92. The molecular weight excluding hydrogens is 479 g/mol. The first-order valence-electron chi connectivity index (χ1n) is 12.4. The SMILES string of the molecule is CC(=O)NCCCC[C@@H]1NC(=O)[C@@H]2C[C@H](C(=O)NCc3ccc(F)cc3)[C@H](c3ccc(O)cc3)N2C1=O. The minimum Gasteiger partial charge on any atom is -0.508 e. The number of halogens is 1. The van der Waals surface area contributed by atoms with E-state index in [2.05, 4.69) is 16.0 Å². The molecule has 2 saturated heterocycles. The zero-order valence-electron chi connectivity index (χ0n) is 20.6. The molecular formula is C27H31FN4O5. The fourth-order valence-electron chi connectivity index (χ4n) is 5.08. The number of hydrogen-bond acceptors (Lipinski definition) is 5. The van der Waals surface area contributed by atoms with Crippen LogP contribution in [-0.4, -0.2) is 52.3 Å². The van der Waals surface area contributed by atoms with Crippen LogP contribution in [0.2, 0.25) is 0 Å². The fraction of sp³-hybridized carbons (Fsp3) is 0.407. The minimum atomic E-state index is -0.788. The van der Waals surface area contributed by atoms with Gasteiger partial charge in [-0.1, -0.05) is 24.3 Å². The van der Waals surface area contributed by atoms with Crippen molar-refractivity contribution < 1.29 is 28.7 Å². The van der Waals surface area contributed by atoms with Crippen LogP contribution >= 0.6 is 0 Å². The van der Waals surface area contributed by atoms with Crippen LogP contribution in [-0.2, 0) is 25.7 Å². The Hall–Kier alpha value is -3.95. The van der Waals surface area contributed by atoms with E-state index in [0.717, 1.165) is 5.56 Å². The predicted molar refractivity (Wildman–Crippen MR) is 132 cm³/mol.